The fraction of sp³-hybridized carbons (Fsp3) is 0.600. The van der Waals surface area contributed by atoms with Gasteiger partial charge in [-0.2, -0.15) is 0 Å². The van der Waals surface area contributed by atoms with E-state index < -0.39 is 0 Å². The Labute approximate surface area is 125 Å². The van der Waals surface area contributed by atoms with E-state index in [2.05, 4.69) is 15.2 Å². The Morgan fingerprint density at radius 1 is 1.24 bits per heavy atom. The Morgan fingerprint density at radius 2 is 1.95 bits per heavy atom. The monoisotopic (exact) mass is 289 g/mol. The summed E-state index contributed by atoms with van der Waals surface area (Å²) in [6, 6.07) is 4.16. The van der Waals surface area contributed by atoms with E-state index in [0.717, 1.165) is 31.7 Å². The molecule has 6 heteroatoms. The third-order valence-corrected chi connectivity index (χ3v) is 4.37. The molecule has 1 aromatic rings. The molecule has 2 fully saturated rings. The number of anilines is 2. The number of amides is 2. The van der Waals surface area contributed by atoms with Gasteiger partial charge in [-0.15, -0.1) is 0 Å². The molecule has 2 aliphatic rings. The molecule has 0 atom stereocenters. The highest BCUT2D eigenvalue weighted by atomic mass is 16.2. The van der Waals surface area contributed by atoms with Crippen LogP contribution < -0.4 is 16.0 Å². The van der Waals surface area contributed by atoms with E-state index in [0.29, 0.717) is 24.8 Å². The van der Waals surface area contributed by atoms with Crippen LogP contribution in [-0.2, 0) is 0 Å². The lowest BCUT2D eigenvalue weighted by molar-refractivity contribution is 0.190. The van der Waals surface area contributed by atoms with E-state index in [1.54, 1.807) is 6.20 Å². The molecule has 114 valence electrons. The topological polar surface area (TPSA) is 74.5 Å². The van der Waals surface area contributed by atoms with Gasteiger partial charge < -0.3 is 20.9 Å². The highest BCUT2D eigenvalue weighted by molar-refractivity contribution is 5.75. The van der Waals surface area contributed by atoms with Gasteiger partial charge in [0.1, 0.15) is 0 Å². The number of nitrogens with zero attached hydrogens (tertiary/aromatic N) is 3. The minimum atomic E-state index is 0.0792. The van der Waals surface area contributed by atoms with Gasteiger partial charge in [0.05, 0.1) is 5.69 Å². The van der Waals surface area contributed by atoms with Crippen LogP contribution in [0, 0.1) is 0 Å². The summed E-state index contributed by atoms with van der Waals surface area (Å²) in [7, 11) is 0. The van der Waals surface area contributed by atoms with Crippen molar-refractivity contribution in [3.05, 3.63) is 18.3 Å². The van der Waals surface area contributed by atoms with Crippen LogP contribution in [0.1, 0.15) is 25.7 Å². The Kier molecular flexibility index (Phi) is 4.13. The zero-order chi connectivity index (χ0) is 14.7. The minimum absolute atomic E-state index is 0.0792. The molecule has 1 saturated carbocycles. The number of nitrogen functional groups attached to an aromatic ring is 1. The molecule has 21 heavy (non-hydrogen) atoms. The second-order valence-electron chi connectivity index (χ2n) is 5.82. The Hall–Kier alpha value is -1.98. The summed E-state index contributed by atoms with van der Waals surface area (Å²) in [5, 5.41) is 3.14. The third-order valence-electron chi connectivity index (χ3n) is 4.37. The summed E-state index contributed by atoms with van der Waals surface area (Å²) in [6.07, 6.45) is 6.46. The van der Waals surface area contributed by atoms with Crippen molar-refractivity contribution in [2.75, 3.05) is 36.8 Å². The SMILES string of the molecule is Nc1cccnc1N1CCN(C(=O)NC2CCCC2)CC1. The summed E-state index contributed by atoms with van der Waals surface area (Å²) >= 11 is 0. The molecule has 3 N–H and O–H groups in total. The van der Waals surface area contributed by atoms with Crippen molar-refractivity contribution in [3.63, 3.8) is 0 Å². The van der Waals surface area contributed by atoms with Gasteiger partial charge in [0.15, 0.2) is 5.82 Å². The van der Waals surface area contributed by atoms with Gasteiger partial charge in [0, 0.05) is 38.4 Å². The Bertz CT molecular complexity index is 493. The predicted octanol–water partition coefficient (Wildman–Crippen LogP) is 1.44. The smallest absolute Gasteiger partial charge is 0.317 e. The molecular formula is C15H23N5O. The standard InChI is InChI=1S/C15H23N5O/c16-13-6-3-7-17-14(13)19-8-10-20(11-9-19)15(21)18-12-4-1-2-5-12/h3,6-7,12H,1-2,4-5,8-11,16H2,(H,18,21). The van der Waals surface area contributed by atoms with Gasteiger partial charge in [-0.25, -0.2) is 9.78 Å². The lowest BCUT2D eigenvalue weighted by atomic mass is 10.2. The number of hydrogen-bond acceptors (Lipinski definition) is 4. The van der Waals surface area contributed by atoms with Crippen LogP contribution in [0.2, 0.25) is 0 Å². The van der Waals surface area contributed by atoms with E-state index >= 15 is 0 Å². The summed E-state index contributed by atoms with van der Waals surface area (Å²) < 4.78 is 0. The average Bonchev–Trinajstić information content (AvgIpc) is 3.01. The first-order valence-corrected chi connectivity index (χ1v) is 7.75. The van der Waals surface area contributed by atoms with E-state index in [1.807, 2.05) is 17.0 Å². The quantitative estimate of drug-likeness (QED) is 0.864. The summed E-state index contributed by atoms with van der Waals surface area (Å²) in [5.74, 6) is 0.827. The predicted molar refractivity (Wildman–Crippen MR) is 83.2 cm³/mol. The first-order valence-electron chi connectivity index (χ1n) is 7.75. The molecule has 2 heterocycles. The van der Waals surface area contributed by atoms with Gasteiger partial charge in [0.25, 0.3) is 0 Å². The minimum Gasteiger partial charge on any atom is -0.396 e. The number of nitrogens with two attached hydrogens (primary N) is 1. The van der Waals surface area contributed by atoms with Crippen LogP contribution in [0.4, 0.5) is 16.3 Å². The molecular weight excluding hydrogens is 266 g/mol. The zero-order valence-corrected chi connectivity index (χ0v) is 12.3. The summed E-state index contributed by atoms with van der Waals surface area (Å²) in [5.41, 5.74) is 6.65. The van der Waals surface area contributed by atoms with Crippen molar-refractivity contribution in [2.45, 2.75) is 31.7 Å². The lowest BCUT2D eigenvalue weighted by Crippen LogP contribution is -2.53. The number of rotatable bonds is 2. The molecule has 0 bridgehead atoms. The molecule has 0 aromatic carbocycles. The second kappa shape index (κ2) is 6.20. The van der Waals surface area contributed by atoms with Crippen molar-refractivity contribution < 1.29 is 4.79 Å². The lowest BCUT2D eigenvalue weighted by Gasteiger charge is -2.36. The second-order valence-corrected chi connectivity index (χ2v) is 5.82. The molecule has 0 spiro atoms. The van der Waals surface area contributed by atoms with Crippen LogP contribution in [-0.4, -0.2) is 48.1 Å². The third kappa shape index (κ3) is 3.20. The van der Waals surface area contributed by atoms with Gasteiger partial charge in [-0.05, 0) is 25.0 Å². The van der Waals surface area contributed by atoms with Gasteiger partial charge in [-0.3, -0.25) is 0 Å². The summed E-state index contributed by atoms with van der Waals surface area (Å²) in [6.45, 7) is 2.99. The number of aromatic nitrogens is 1. The number of hydrogen-bond donors (Lipinski definition) is 2. The van der Waals surface area contributed by atoms with Crippen molar-refractivity contribution >= 4 is 17.5 Å². The van der Waals surface area contributed by atoms with E-state index in [1.165, 1.54) is 12.8 Å². The first-order chi connectivity index (χ1) is 10.2. The highest BCUT2D eigenvalue weighted by Crippen LogP contribution is 2.21. The average molecular weight is 289 g/mol. The molecule has 2 amide bonds. The number of carbonyl (C=O) groups excluding carboxylic acids is 1. The molecule has 1 aliphatic carbocycles. The maximum absolute atomic E-state index is 12.2. The fourth-order valence-electron chi connectivity index (χ4n) is 3.13. The van der Waals surface area contributed by atoms with E-state index in [4.69, 9.17) is 5.73 Å². The number of carbonyl (C=O) groups is 1. The van der Waals surface area contributed by atoms with Gasteiger partial charge >= 0.3 is 6.03 Å². The van der Waals surface area contributed by atoms with Crippen molar-refractivity contribution in [1.82, 2.24) is 15.2 Å². The van der Waals surface area contributed by atoms with Crippen LogP contribution >= 0.6 is 0 Å². The molecule has 0 radical (unpaired) electrons. The maximum atomic E-state index is 12.2. The van der Waals surface area contributed by atoms with Crippen molar-refractivity contribution in [2.24, 2.45) is 0 Å². The molecule has 6 nitrogen and oxygen atoms in total. The largest absolute Gasteiger partial charge is 0.396 e. The first kappa shape index (κ1) is 14.0. The van der Waals surface area contributed by atoms with Crippen LogP contribution in [0.5, 0.6) is 0 Å². The van der Waals surface area contributed by atoms with Crippen molar-refractivity contribution in [1.29, 1.82) is 0 Å². The number of nitrogens with one attached hydrogen (secondary N) is 1. The van der Waals surface area contributed by atoms with Crippen LogP contribution in [0.25, 0.3) is 0 Å². The molecule has 3 rings (SSSR count). The highest BCUT2D eigenvalue weighted by Gasteiger charge is 2.25. The summed E-state index contributed by atoms with van der Waals surface area (Å²) in [4.78, 5) is 20.6. The maximum Gasteiger partial charge on any atom is 0.317 e. The van der Waals surface area contributed by atoms with Gasteiger partial charge in [0.2, 0.25) is 0 Å². The van der Waals surface area contributed by atoms with Gasteiger partial charge in [-0.1, -0.05) is 12.8 Å². The molecule has 1 aromatic heterocycles. The van der Waals surface area contributed by atoms with E-state index in [-0.39, 0.29) is 6.03 Å². The van der Waals surface area contributed by atoms with E-state index in [9.17, 15) is 4.79 Å². The Balaban J connectivity index is 1.52. The Morgan fingerprint density at radius 3 is 2.62 bits per heavy atom. The number of pyridine rings is 1. The normalized spacial score (nSPS) is 19.8. The number of piperazine rings is 1. The van der Waals surface area contributed by atoms with Crippen LogP contribution in [0.15, 0.2) is 18.3 Å². The van der Waals surface area contributed by atoms with Crippen molar-refractivity contribution in [3.8, 4) is 0 Å². The molecule has 0 unspecified atom stereocenters. The van der Waals surface area contributed by atoms with Crippen LogP contribution in [0.3, 0.4) is 0 Å². The molecule has 1 aliphatic heterocycles. The fourth-order valence-corrected chi connectivity index (χ4v) is 3.13. The molecule has 1 saturated heterocycles. The number of urea groups is 1. The zero-order valence-electron chi connectivity index (χ0n) is 12.3.